The molecule has 0 spiro atoms. The Morgan fingerprint density at radius 3 is 2.35 bits per heavy atom. The summed E-state index contributed by atoms with van der Waals surface area (Å²) in [7, 11) is 0. The van der Waals surface area contributed by atoms with Crippen LogP contribution in [0.3, 0.4) is 0 Å². The van der Waals surface area contributed by atoms with Crippen LogP contribution >= 0.6 is 11.6 Å². The van der Waals surface area contributed by atoms with Gasteiger partial charge in [0.05, 0.1) is 5.69 Å². The second-order valence-corrected chi connectivity index (χ2v) is 8.15. The first-order chi connectivity index (χ1) is 15.1. The van der Waals surface area contributed by atoms with Gasteiger partial charge in [0.1, 0.15) is 5.82 Å². The predicted octanol–water partition coefficient (Wildman–Crippen LogP) is 4.51. The second-order valence-electron chi connectivity index (χ2n) is 7.71. The molecule has 31 heavy (non-hydrogen) atoms. The highest BCUT2D eigenvalue weighted by molar-refractivity contribution is 6.30. The van der Waals surface area contributed by atoms with E-state index < -0.39 is 0 Å². The van der Waals surface area contributed by atoms with Gasteiger partial charge in [0.2, 0.25) is 5.91 Å². The molecule has 160 valence electrons. The number of hydrogen-bond acceptors (Lipinski definition) is 4. The highest BCUT2D eigenvalue weighted by atomic mass is 35.5. The summed E-state index contributed by atoms with van der Waals surface area (Å²) >= 11 is 5.90. The van der Waals surface area contributed by atoms with Crippen LogP contribution < -0.4 is 10.2 Å². The largest absolute Gasteiger partial charge is 0.356 e. The number of anilines is 1. The minimum Gasteiger partial charge on any atom is -0.356 e. The van der Waals surface area contributed by atoms with E-state index in [2.05, 4.69) is 20.4 Å². The number of amides is 1. The van der Waals surface area contributed by atoms with Gasteiger partial charge in [0.25, 0.3) is 0 Å². The van der Waals surface area contributed by atoms with Crippen molar-refractivity contribution in [3.05, 3.63) is 77.1 Å². The molecule has 0 saturated carbocycles. The van der Waals surface area contributed by atoms with Crippen LogP contribution in [0.1, 0.15) is 18.4 Å². The summed E-state index contributed by atoms with van der Waals surface area (Å²) in [5.41, 5.74) is 2.69. The van der Waals surface area contributed by atoms with Crippen molar-refractivity contribution >= 4 is 23.3 Å². The average molecular weight is 439 g/mol. The summed E-state index contributed by atoms with van der Waals surface area (Å²) in [4.78, 5) is 14.7. The van der Waals surface area contributed by atoms with Crippen molar-refractivity contribution in [2.45, 2.75) is 19.3 Å². The maximum absolute atomic E-state index is 13.1. The van der Waals surface area contributed by atoms with Crippen LogP contribution in [0.15, 0.2) is 60.7 Å². The van der Waals surface area contributed by atoms with E-state index in [1.807, 2.05) is 36.4 Å². The quantitative estimate of drug-likeness (QED) is 0.615. The molecule has 0 unspecified atom stereocenters. The van der Waals surface area contributed by atoms with Crippen LogP contribution in [0.5, 0.6) is 0 Å². The van der Waals surface area contributed by atoms with E-state index in [-0.39, 0.29) is 17.6 Å². The molecule has 0 aliphatic carbocycles. The highest BCUT2D eigenvalue weighted by Gasteiger charge is 2.25. The molecule has 1 N–H and O–H groups in total. The molecule has 0 radical (unpaired) electrons. The zero-order chi connectivity index (χ0) is 21.6. The molecule has 2 heterocycles. The number of carbonyl (C=O) groups is 1. The maximum atomic E-state index is 13.1. The van der Waals surface area contributed by atoms with Gasteiger partial charge in [-0.3, -0.25) is 4.79 Å². The second kappa shape index (κ2) is 9.88. The fraction of sp³-hybridized carbons (Fsp3) is 0.292. The van der Waals surface area contributed by atoms with Crippen molar-refractivity contribution < 1.29 is 9.18 Å². The molecule has 0 bridgehead atoms. The highest BCUT2D eigenvalue weighted by Crippen LogP contribution is 2.23. The van der Waals surface area contributed by atoms with Crippen LogP contribution in [0, 0.1) is 11.7 Å². The number of hydrogen-bond donors (Lipinski definition) is 1. The molecule has 0 atom stereocenters. The van der Waals surface area contributed by atoms with Crippen LogP contribution in [0.4, 0.5) is 10.2 Å². The van der Waals surface area contributed by atoms with Crippen LogP contribution in [-0.4, -0.2) is 35.7 Å². The lowest BCUT2D eigenvalue weighted by Crippen LogP contribution is -2.41. The van der Waals surface area contributed by atoms with Crippen molar-refractivity contribution in [1.29, 1.82) is 0 Å². The first-order valence-electron chi connectivity index (χ1n) is 10.5. The van der Waals surface area contributed by atoms with Gasteiger partial charge in [-0.05, 0) is 73.4 Å². The lowest BCUT2D eigenvalue weighted by Gasteiger charge is -2.31. The third-order valence-electron chi connectivity index (χ3n) is 5.61. The summed E-state index contributed by atoms with van der Waals surface area (Å²) in [6, 6.07) is 17.7. The first-order valence-corrected chi connectivity index (χ1v) is 10.8. The SMILES string of the molecule is O=C(NCCc1ccc(Cl)cc1)C1CCN(c2ccc(-c3ccc(F)cc3)nn2)CC1. The molecule has 1 saturated heterocycles. The molecule has 1 amide bonds. The van der Waals surface area contributed by atoms with Crippen molar-refractivity contribution in [2.24, 2.45) is 5.92 Å². The fourth-order valence-corrected chi connectivity index (χ4v) is 3.89. The van der Waals surface area contributed by atoms with Gasteiger partial charge >= 0.3 is 0 Å². The minimum atomic E-state index is -0.273. The van der Waals surface area contributed by atoms with E-state index in [0.717, 1.165) is 49.3 Å². The van der Waals surface area contributed by atoms with Crippen molar-refractivity contribution in [2.75, 3.05) is 24.5 Å². The predicted molar refractivity (Wildman–Crippen MR) is 121 cm³/mol. The van der Waals surface area contributed by atoms with E-state index in [9.17, 15) is 9.18 Å². The zero-order valence-electron chi connectivity index (χ0n) is 17.1. The maximum Gasteiger partial charge on any atom is 0.223 e. The van der Waals surface area contributed by atoms with E-state index in [4.69, 9.17) is 11.6 Å². The number of carbonyl (C=O) groups excluding carboxylic acids is 1. The third-order valence-corrected chi connectivity index (χ3v) is 5.86. The van der Waals surface area contributed by atoms with Gasteiger partial charge in [-0.25, -0.2) is 4.39 Å². The lowest BCUT2D eigenvalue weighted by molar-refractivity contribution is -0.125. The Kier molecular flexibility index (Phi) is 6.77. The van der Waals surface area contributed by atoms with Crippen molar-refractivity contribution in [1.82, 2.24) is 15.5 Å². The summed E-state index contributed by atoms with van der Waals surface area (Å²) < 4.78 is 13.1. The first kappa shape index (κ1) is 21.2. The summed E-state index contributed by atoms with van der Waals surface area (Å²) in [5.74, 6) is 0.664. The molecule has 1 fully saturated rings. The normalized spacial score (nSPS) is 14.5. The molecule has 1 aliphatic heterocycles. The summed E-state index contributed by atoms with van der Waals surface area (Å²) in [6.07, 6.45) is 2.36. The van der Waals surface area contributed by atoms with Crippen molar-refractivity contribution in [3.8, 4) is 11.3 Å². The lowest BCUT2D eigenvalue weighted by atomic mass is 9.96. The smallest absolute Gasteiger partial charge is 0.223 e. The molecule has 1 aromatic heterocycles. The van der Waals surface area contributed by atoms with Gasteiger partial charge < -0.3 is 10.2 Å². The van der Waals surface area contributed by atoms with E-state index in [0.29, 0.717) is 17.3 Å². The standard InChI is InChI=1S/C24H24ClFN4O/c25-20-5-1-17(2-6-20)11-14-27-24(31)19-12-15-30(16-13-19)23-10-9-22(28-29-23)18-3-7-21(26)8-4-18/h1-10,19H,11-16H2,(H,27,31). The number of nitrogens with zero attached hydrogens (tertiary/aromatic N) is 3. The molecule has 1 aliphatic rings. The molecular formula is C24H24ClFN4O. The van der Waals surface area contributed by atoms with E-state index >= 15 is 0 Å². The minimum absolute atomic E-state index is 0.0212. The van der Waals surface area contributed by atoms with Gasteiger partial charge in [0, 0.05) is 36.1 Å². The van der Waals surface area contributed by atoms with Gasteiger partial charge in [0.15, 0.2) is 5.82 Å². The molecule has 2 aromatic carbocycles. The average Bonchev–Trinajstić information content (AvgIpc) is 2.81. The summed E-state index contributed by atoms with van der Waals surface area (Å²) in [5, 5.41) is 12.4. The number of benzene rings is 2. The fourth-order valence-electron chi connectivity index (χ4n) is 3.76. The number of nitrogens with one attached hydrogen (secondary N) is 1. The Bertz CT molecular complexity index is 1000. The van der Waals surface area contributed by atoms with E-state index in [1.165, 1.54) is 12.1 Å². The number of halogens is 2. The molecule has 4 rings (SSSR count). The van der Waals surface area contributed by atoms with Gasteiger partial charge in [-0.15, -0.1) is 10.2 Å². The van der Waals surface area contributed by atoms with Crippen LogP contribution in [0.2, 0.25) is 5.02 Å². The Morgan fingerprint density at radius 1 is 1.00 bits per heavy atom. The Balaban J connectivity index is 1.24. The van der Waals surface area contributed by atoms with Crippen molar-refractivity contribution in [3.63, 3.8) is 0 Å². The van der Waals surface area contributed by atoms with E-state index in [1.54, 1.807) is 12.1 Å². The van der Waals surface area contributed by atoms with Gasteiger partial charge in [-0.1, -0.05) is 23.7 Å². The van der Waals surface area contributed by atoms with Crippen LogP contribution in [0.25, 0.3) is 11.3 Å². The topological polar surface area (TPSA) is 58.1 Å². The molecule has 3 aromatic rings. The Hall–Kier alpha value is -2.99. The van der Waals surface area contributed by atoms with Crippen LogP contribution in [-0.2, 0) is 11.2 Å². The Labute approximate surface area is 186 Å². The monoisotopic (exact) mass is 438 g/mol. The molecule has 7 heteroatoms. The molecular weight excluding hydrogens is 415 g/mol. The number of rotatable bonds is 6. The summed E-state index contributed by atoms with van der Waals surface area (Å²) in [6.45, 7) is 2.15. The molecule has 5 nitrogen and oxygen atoms in total. The third kappa shape index (κ3) is 5.58. The van der Waals surface area contributed by atoms with Gasteiger partial charge in [-0.2, -0.15) is 0 Å². The number of aromatic nitrogens is 2. The zero-order valence-corrected chi connectivity index (χ0v) is 17.9. The number of piperidine rings is 1. The Morgan fingerprint density at radius 2 is 1.71 bits per heavy atom.